The van der Waals surface area contributed by atoms with Gasteiger partial charge in [-0.1, -0.05) is 15.9 Å². The molecule has 0 bridgehead atoms. The molecule has 88 valence electrons. The molecule has 1 amide bonds. The van der Waals surface area contributed by atoms with Gasteiger partial charge in [0.05, 0.1) is 8.66 Å². The third-order valence-corrected chi connectivity index (χ3v) is 4.35. The number of anilines is 1. The van der Waals surface area contributed by atoms with E-state index in [1.807, 2.05) is 31.2 Å². The van der Waals surface area contributed by atoms with Gasteiger partial charge >= 0.3 is 0 Å². The van der Waals surface area contributed by atoms with Crippen molar-refractivity contribution in [2.45, 2.75) is 6.92 Å². The number of nitrogens with one attached hydrogen (secondary N) is 1. The van der Waals surface area contributed by atoms with Crippen LogP contribution in [0.4, 0.5) is 5.69 Å². The maximum Gasteiger partial charge on any atom is 0.265 e. The fourth-order valence-electron chi connectivity index (χ4n) is 1.39. The highest BCUT2D eigenvalue weighted by Gasteiger charge is 2.09. The van der Waals surface area contributed by atoms with Crippen molar-refractivity contribution in [2.24, 2.45) is 0 Å². The van der Waals surface area contributed by atoms with E-state index in [-0.39, 0.29) is 5.91 Å². The second-order valence-electron chi connectivity index (χ2n) is 3.52. The topological polar surface area (TPSA) is 29.1 Å². The Kier molecular flexibility index (Phi) is 4.01. The van der Waals surface area contributed by atoms with Crippen molar-refractivity contribution in [3.63, 3.8) is 0 Å². The van der Waals surface area contributed by atoms with Crippen LogP contribution in [0.25, 0.3) is 0 Å². The van der Waals surface area contributed by atoms with Crippen LogP contribution in [0.15, 0.2) is 38.6 Å². The van der Waals surface area contributed by atoms with Crippen LogP contribution in [0.2, 0.25) is 0 Å². The number of rotatable bonds is 2. The first kappa shape index (κ1) is 12.8. The Labute approximate surface area is 120 Å². The van der Waals surface area contributed by atoms with E-state index in [1.54, 1.807) is 6.07 Å². The van der Waals surface area contributed by atoms with Crippen molar-refractivity contribution in [3.8, 4) is 0 Å². The predicted octanol–water partition coefficient (Wildman–Crippen LogP) is 4.83. The summed E-state index contributed by atoms with van der Waals surface area (Å²) in [4.78, 5) is 12.6. The summed E-state index contributed by atoms with van der Waals surface area (Å²) in [5.41, 5.74) is 1.87. The van der Waals surface area contributed by atoms with Crippen molar-refractivity contribution < 1.29 is 4.79 Å². The Balaban J connectivity index is 2.18. The number of carbonyl (C=O) groups excluding carboxylic acids is 1. The third-order valence-electron chi connectivity index (χ3n) is 2.23. The maximum absolute atomic E-state index is 11.9. The van der Waals surface area contributed by atoms with Crippen LogP contribution < -0.4 is 5.32 Å². The average Bonchev–Trinajstić information content (AvgIpc) is 2.69. The van der Waals surface area contributed by atoms with Crippen molar-refractivity contribution in [1.82, 2.24) is 0 Å². The van der Waals surface area contributed by atoms with Crippen LogP contribution in [-0.4, -0.2) is 5.91 Å². The molecule has 1 aromatic heterocycles. The number of hydrogen-bond donors (Lipinski definition) is 1. The molecule has 1 heterocycles. The van der Waals surface area contributed by atoms with Gasteiger partial charge in [0.15, 0.2) is 0 Å². The number of thiophene rings is 1. The molecule has 0 aliphatic carbocycles. The first-order valence-electron chi connectivity index (χ1n) is 4.89. The molecule has 1 aromatic carbocycles. The molecule has 0 spiro atoms. The molecule has 0 unspecified atom stereocenters. The van der Waals surface area contributed by atoms with Crippen LogP contribution in [0.5, 0.6) is 0 Å². The largest absolute Gasteiger partial charge is 0.321 e. The molecule has 0 aliphatic rings. The second kappa shape index (κ2) is 5.33. The predicted molar refractivity (Wildman–Crippen MR) is 78.9 cm³/mol. The summed E-state index contributed by atoms with van der Waals surface area (Å²) in [5.74, 6) is -0.0777. The minimum atomic E-state index is -0.0777. The van der Waals surface area contributed by atoms with Gasteiger partial charge in [-0.25, -0.2) is 0 Å². The lowest BCUT2D eigenvalue weighted by molar-refractivity contribution is 0.103. The van der Waals surface area contributed by atoms with Crippen LogP contribution in [-0.2, 0) is 0 Å². The number of amides is 1. The number of halogens is 2. The molecule has 2 rings (SSSR count). The van der Waals surface area contributed by atoms with Crippen LogP contribution >= 0.6 is 43.2 Å². The SMILES string of the molecule is Cc1cc(Br)ccc1NC(=O)c1ccc(Br)s1. The highest BCUT2D eigenvalue weighted by molar-refractivity contribution is 9.11. The molecule has 2 aromatic rings. The molecule has 0 fully saturated rings. The fraction of sp³-hybridized carbons (Fsp3) is 0.0833. The Hall–Kier alpha value is -0.650. The van der Waals surface area contributed by atoms with E-state index in [2.05, 4.69) is 37.2 Å². The summed E-state index contributed by atoms with van der Waals surface area (Å²) in [6.45, 7) is 1.96. The molecule has 0 aliphatic heterocycles. The molecular formula is C12H9Br2NOS. The minimum Gasteiger partial charge on any atom is -0.321 e. The average molecular weight is 375 g/mol. The third kappa shape index (κ3) is 3.18. The van der Waals surface area contributed by atoms with E-state index in [4.69, 9.17) is 0 Å². The fourth-order valence-corrected chi connectivity index (χ4v) is 3.14. The molecule has 0 atom stereocenters. The lowest BCUT2D eigenvalue weighted by Gasteiger charge is -2.07. The Morgan fingerprint density at radius 3 is 2.59 bits per heavy atom. The lowest BCUT2D eigenvalue weighted by atomic mass is 10.2. The second-order valence-corrected chi connectivity index (χ2v) is 6.90. The van der Waals surface area contributed by atoms with Crippen molar-refractivity contribution in [3.05, 3.63) is 49.0 Å². The van der Waals surface area contributed by atoms with Gasteiger partial charge in [0, 0.05) is 10.2 Å². The highest BCUT2D eigenvalue weighted by Crippen LogP contribution is 2.24. The van der Waals surface area contributed by atoms with Gasteiger partial charge in [0.25, 0.3) is 5.91 Å². The Bertz CT molecular complexity index is 565. The molecule has 1 N–H and O–H groups in total. The summed E-state index contributed by atoms with van der Waals surface area (Å²) in [6, 6.07) is 9.44. The van der Waals surface area contributed by atoms with Crippen molar-refractivity contribution in [1.29, 1.82) is 0 Å². The first-order valence-corrected chi connectivity index (χ1v) is 7.29. The van der Waals surface area contributed by atoms with Gasteiger partial charge in [0.1, 0.15) is 0 Å². The van der Waals surface area contributed by atoms with Crippen LogP contribution in [0.3, 0.4) is 0 Å². The molecule has 2 nitrogen and oxygen atoms in total. The van der Waals surface area contributed by atoms with E-state index in [9.17, 15) is 4.79 Å². The number of aryl methyl sites for hydroxylation is 1. The van der Waals surface area contributed by atoms with Crippen LogP contribution in [0.1, 0.15) is 15.2 Å². The Morgan fingerprint density at radius 2 is 2.00 bits per heavy atom. The number of benzene rings is 1. The number of hydrogen-bond acceptors (Lipinski definition) is 2. The normalized spacial score (nSPS) is 10.3. The molecule has 17 heavy (non-hydrogen) atoms. The molecular weight excluding hydrogens is 366 g/mol. The van der Waals surface area contributed by atoms with E-state index in [0.717, 1.165) is 19.5 Å². The molecule has 0 saturated carbocycles. The summed E-state index contributed by atoms with van der Waals surface area (Å²) >= 11 is 8.16. The monoisotopic (exact) mass is 373 g/mol. The van der Waals surface area contributed by atoms with Gasteiger partial charge in [-0.05, 0) is 58.7 Å². The van der Waals surface area contributed by atoms with E-state index >= 15 is 0 Å². The van der Waals surface area contributed by atoms with E-state index < -0.39 is 0 Å². The summed E-state index contributed by atoms with van der Waals surface area (Å²) < 4.78 is 1.96. The van der Waals surface area contributed by atoms with Gasteiger partial charge in [-0.2, -0.15) is 0 Å². The zero-order valence-electron chi connectivity index (χ0n) is 8.96. The molecule has 5 heteroatoms. The summed E-state index contributed by atoms with van der Waals surface area (Å²) in [5, 5.41) is 2.90. The molecule has 0 saturated heterocycles. The van der Waals surface area contributed by atoms with Gasteiger partial charge in [-0.15, -0.1) is 11.3 Å². The standard InChI is InChI=1S/C12H9Br2NOS/c1-7-6-8(13)2-3-9(7)15-12(16)10-4-5-11(14)17-10/h2-6H,1H3,(H,15,16). The van der Waals surface area contributed by atoms with E-state index in [0.29, 0.717) is 4.88 Å². The van der Waals surface area contributed by atoms with E-state index in [1.165, 1.54) is 11.3 Å². The Morgan fingerprint density at radius 1 is 1.24 bits per heavy atom. The smallest absolute Gasteiger partial charge is 0.265 e. The maximum atomic E-state index is 11.9. The van der Waals surface area contributed by atoms with Gasteiger partial charge in [-0.3, -0.25) is 4.79 Å². The zero-order valence-corrected chi connectivity index (χ0v) is 12.9. The lowest BCUT2D eigenvalue weighted by Crippen LogP contribution is -2.10. The van der Waals surface area contributed by atoms with Crippen molar-refractivity contribution >= 4 is 54.8 Å². The minimum absolute atomic E-state index is 0.0777. The van der Waals surface area contributed by atoms with Crippen LogP contribution in [0, 0.1) is 6.92 Å². The van der Waals surface area contributed by atoms with Gasteiger partial charge in [0.2, 0.25) is 0 Å². The zero-order chi connectivity index (χ0) is 12.4. The first-order chi connectivity index (χ1) is 8.06. The quantitative estimate of drug-likeness (QED) is 0.800. The van der Waals surface area contributed by atoms with Gasteiger partial charge < -0.3 is 5.32 Å². The summed E-state index contributed by atoms with van der Waals surface area (Å²) in [7, 11) is 0. The summed E-state index contributed by atoms with van der Waals surface area (Å²) in [6.07, 6.45) is 0. The molecule has 0 radical (unpaired) electrons. The van der Waals surface area contributed by atoms with Crippen molar-refractivity contribution in [2.75, 3.05) is 5.32 Å². The highest BCUT2D eigenvalue weighted by atomic mass is 79.9. The number of carbonyl (C=O) groups is 1.